The normalized spacial score (nSPS) is 21.0. The van der Waals surface area contributed by atoms with Crippen LogP contribution in [0.3, 0.4) is 0 Å². The third-order valence-corrected chi connectivity index (χ3v) is 6.21. The molecule has 2 N–H and O–H groups in total. The molecule has 0 spiro atoms. The second-order valence-electron chi connectivity index (χ2n) is 8.51. The van der Waals surface area contributed by atoms with Gasteiger partial charge in [0.25, 0.3) is 0 Å². The van der Waals surface area contributed by atoms with E-state index in [0.29, 0.717) is 12.2 Å². The highest BCUT2D eigenvalue weighted by atomic mass is 16.5. The van der Waals surface area contributed by atoms with Crippen LogP contribution >= 0.6 is 0 Å². The van der Waals surface area contributed by atoms with E-state index in [9.17, 15) is 9.59 Å². The number of nitrogens with zero attached hydrogens (tertiary/aromatic N) is 3. The minimum Gasteiger partial charge on any atom is -0.478 e. The average Bonchev–Trinajstić information content (AvgIpc) is 3.21. The molecule has 0 amide bonds. The predicted octanol–water partition coefficient (Wildman–Crippen LogP) is 3.72. The average molecular weight is 444 g/mol. The van der Waals surface area contributed by atoms with Crippen molar-refractivity contribution in [3.63, 3.8) is 0 Å². The number of carboxylic acids is 2. The Hall–Kier alpha value is -2.87. The summed E-state index contributed by atoms with van der Waals surface area (Å²) < 4.78 is 7.68. The van der Waals surface area contributed by atoms with E-state index < -0.39 is 11.9 Å². The number of piperidine rings is 1. The number of fused-ring (bicyclic) bond motifs is 2. The number of unbranched alkanes of at least 4 members (excludes halogenated alkanes) is 1. The fourth-order valence-corrected chi connectivity index (χ4v) is 4.62. The number of hydrogen-bond donors (Lipinski definition) is 2. The molecule has 1 aliphatic heterocycles. The molecule has 2 unspecified atom stereocenters. The van der Waals surface area contributed by atoms with E-state index in [0.717, 1.165) is 36.3 Å². The monoisotopic (exact) mass is 443 g/mol. The Kier molecular flexibility index (Phi) is 9.10. The first kappa shape index (κ1) is 23.8. The summed E-state index contributed by atoms with van der Waals surface area (Å²) in [5, 5.41) is 20.1. The van der Waals surface area contributed by atoms with Crippen LogP contribution in [0, 0.1) is 11.8 Å². The van der Waals surface area contributed by atoms with Gasteiger partial charge in [-0.1, -0.05) is 25.3 Å². The minimum atomic E-state index is -1.26. The maximum atomic E-state index is 9.55. The van der Waals surface area contributed by atoms with Gasteiger partial charge in [0, 0.05) is 31.0 Å². The number of ether oxygens (including phenoxy) is 1. The molecule has 0 bridgehead atoms. The molecular weight excluding hydrogens is 410 g/mol. The van der Waals surface area contributed by atoms with Crippen LogP contribution in [0.2, 0.25) is 0 Å². The van der Waals surface area contributed by atoms with E-state index in [1.165, 1.54) is 58.2 Å². The van der Waals surface area contributed by atoms with Crippen molar-refractivity contribution >= 4 is 17.5 Å². The lowest BCUT2D eigenvalue weighted by Gasteiger charge is -2.41. The first-order chi connectivity index (χ1) is 15.5. The second-order valence-corrected chi connectivity index (χ2v) is 8.51. The smallest absolute Gasteiger partial charge is 0.328 e. The maximum absolute atomic E-state index is 9.55. The van der Waals surface area contributed by atoms with Crippen molar-refractivity contribution in [3.05, 3.63) is 42.6 Å². The zero-order chi connectivity index (χ0) is 22.8. The summed E-state index contributed by atoms with van der Waals surface area (Å²) in [5.41, 5.74) is 1.09. The van der Waals surface area contributed by atoms with Gasteiger partial charge in [-0.15, -0.1) is 5.10 Å². The zero-order valence-electron chi connectivity index (χ0n) is 18.4. The van der Waals surface area contributed by atoms with E-state index >= 15 is 0 Å². The molecule has 1 saturated heterocycles. The molecule has 2 aliphatic rings. The number of carboxylic acid groups (broad SMARTS) is 2. The van der Waals surface area contributed by atoms with Gasteiger partial charge in [0.05, 0.1) is 12.1 Å². The molecule has 2 aromatic heterocycles. The summed E-state index contributed by atoms with van der Waals surface area (Å²) in [5.74, 6) is 0.249. The van der Waals surface area contributed by atoms with Gasteiger partial charge in [-0.25, -0.2) is 14.1 Å². The highest BCUT2D eigenvalue weighted by Crippen LogP contribution is 2.36. The lowest BCUT2D eigenvalue weighted by molar-refractivity contribution is -0.134. The van der Waals surface area contributed by atoms with Crippen molar-refractivity contribution < 1.29 is 24.5 Å². The van der Waals surface area contributed by atoms with Crippen molar-refractivity contribution in [2.75, 3.05) is 26.2 Å². The summed E-state index contributed by atoms with van der Waals surface area (Å²) in [6, 6.07) is 8.07. The molecule has 174 valence electrons. The quantitative estimate of drug-likeness (QED) is 0.473. The van der Waals surface area contributed by atoms with Gasteiger partial charge in [-0.2, -0.15) is 0 Å². The molecule has 3 heterocycles. The third kappa shape index (κ3) is 7.67. The van der Waals surface area contributed by atoms with Gasteiger partial charge >= 0.3 is 11.9 Å². The van der Waals surface area contributed by atoms with Crippen LogP contribution in [-0.2, 0) is 9.59 Å². The largest absolute Gasteiger partial charge is 0.478 e. The van der Waals surface area contributed by atoms with Crippen LogP contribution in [0.25, 0.3) is 5.52 Å². The van der Waals surface area contributed by atoms with Crippen molar-refractivity contribution in [2.24, 2.45) is 11.8 Å². The Labute approximate surface area is 188 Å². The van der Waals surface area contributed by atoms with Crippen molar-refractivity contribution in [2.45, 2.75) is 44.9 Å². The first-order valence-corrected chi connectivity index (χ1v) is 11.4. The fourth-order valence-electron chi connectivity index (χ4n) is 4.62. The summed E-state index contributed by atoms with van der Waals surface area (Å²) in [7, 11) is 0. The highest BCUT2D eigenvalue weighted by Gasteiger charge is 2.30. The molecule has 8 nitrogen and oxygen atoms in total. The van der Waals surface area contributed by atoms with Crippen molar-refractivity contribution in [3.8, 4) is 5.88 Å². The van der Waals surface area contributed by atoms with E-state index in [2.05, 4.69) is 16.1 Å². The Balaban J connectivity index is 0.000000312. The van der Waals surface area contributed by atoms with Gasteiger partial charge in [-0.3, -0.25) is 0 Å². The first-order valence-electron chi connectivity index (χ1n) is 11.4. The SMILES string of the molecule is O=C(O)/C=C/C(=O)O.c1ccn2nc(OCCCCN3CCC4CCCCC4C3)cc2c1. The molecule has 0 radical (unpaired) electrons. The van der Waals surface area contributed by atoms with Gasteiger partial charge in [0.1, 0.15) is 0 Å². The topological polar surface area (TPSA) is 104 Å². The molecule has 1 saturated carbocycles. The molecule has 4 rings (SSSR count). The summed E-state index contributed by atoms with van der Waals surface area (Å²) in [6.07, 6.45) is 12.7. The van der Waals surface area contributed by atoms with Crippen molar-refractivity contribution in [1.82, 2.24) is 14.5 Å². The van der Waals surface area contributed by atoms with Gasteiger partial charge in [0.15, 0.2) is 0 Å². The lowest BCUT2D eigenvalue weighted by Crippen LogP contribution is -2.42. The van der Waals surface area contributed by atoms with Crippen LogP contribution < -0.4 is 4.74 Å². The zero-order valence-corrected chi connectivity index (χ0v) is 18.4. The Morgan fingerprint density at radius 1 is 1.06 bits per heavy atom. The number of hydrogen-bond acceptors (Lipinski definition) is 5. The van der Waals surface area contributed by atoms with Gasteiger partial charge < -0.3 is 19.8 Å². The van der Waals surface area contributed by atoms with E-state index in [4.69, 9.17) is 14.9 Å². The van der Waals surface area contributed by atoms with E-state index in [1.54, 1.807) is 0 Å². The molecule has 2 aromatic rings. The summed E-state index contributed by atoms with van der Waals surface area (Å²) in [4.78, 5) is 21.8. The molecule has 2 fully saturated rings. The Morgan fingerprint density at radius 2 is 1.81 bits per heavy atom. The van der Waals surface area contributed by atoms with Gasteiger partial charge in [-0.05, 0) is 62.7 Å². The standard InChI is InChI=1S/C20H29N3O.C4H4O4/c1-2-8-18-16-22(13-10-17(18)7-1)11-5-6-14-24-20-15-19-9-3-4-12-23(19)21-20;5-3(6)1-2-4(7)8/h3-4,9,12,15,17-18H,1-2,5-8,10-11,13-14,16H2;1-2H,(H,5,6)(H,7,8)/b;2-1+. The number of likely N-dealkylation sites (tertiary alicyclic amines) is 1. The summed E-state index contributed by atoms with van der Waals surface area (Å²) >= 11 is 0. The number of rotatable bonds is 8. The van der Waals surface area contributed by atoms with E-state index in [1.807, 2.05) is 28.9 Å². The van der Waals surface area contributed by atoms with Crippen LogP contribution in [0.15, 0.2) is 42.6 Å². The number of pyridine rings is 1. The molecule has 2 atom stereocenters. The second kappa shape index (κ2) is 12.2. The van der Waals surface area contributed by atoms with Gasteiger partial charge in [0.2, 0.25) is 5.88 Å². The van der Waals surface area contributed by atoms with Crippen LogP contribution in [-0.4, -0.2) is 62.9 Å². The maximum Gasteiger partial charge on any atom is 0.328 e. The van der Waals surface area contributed by atoms with E-state index in [-0.39, 0.29) is 0 Å². The third-order valence-electron chi connectivity index (χ3n) is 6.21. The molecule has 0 aromatic carbocycles. The van der Waals surface area contributed by atoms with Crippen LogP contribution in [0.5, 0.6) is 5.88 Å². The Morgan fingerprint density at radius 3 is 2.53 bits per heavy atom. The summed E-state index contributed by atoms with van der Waals surface area (Å²) in [6.45, 7) is 4.66. The Bertz CT molecular complexity index is 861. The predicted molar refractivity (Wildman–Crippen MR) is 121 cm³/mol. The molecule has 32 heavy (non-hydrogen) atoms. The molecule has 1 aliphatic carbocycles. The molecule has 8 heteroatoms. The number of aromatic nitrogens is 2. The number of aliphatic carboxylic acids is 2. The van der Waals surface area contributed by atoms with Crippen LogP contribution in [0.4, 0.5) is 0 Å². The van der Waals surface area contributed by atoms with Crippen LogP contribution in [0.1, 0.15) is 44.9 Å². The lowest BCUT2D eigenvalue weighted by atomic mass is 9.75. The minimum absolute atomic E-state index is 0.558. The molecular formula is C24H33N3O5. The number of carbonyl (C=O) groups is 2. The highest BCUT2D eigenvalue weighted by molar-refractivity contribution is 5.89. The van der Waals surface area contributed by atoms with Crippen molar-refractivity contribution in [1.29, 1.82) is 0 Å². The fraction of sp³-hybridized carbons (Fsp3) is 0.542.